The van der Waals surface area contributed by atoms with E-state index >= 15 is 0 Å². The summed E-state index contributed by atoms with van der Waals surface area (Å²) in [5.41, 5.74) is 0.973. The lowest BCUT2D eigenvalue weighted by atomic mass is 9.92. The van der Waals surface area contributed by atoms with Crippen molar-refractivity contribution in [2.75, 3.05) is 11.4 Å². The van der Waals surface area contributed by atoms with Gasteiger partial charge in [-0.05, 0) is 32.6 Å². The molecule has 102 valence electrons. The van der Waals surface area contributed by atoms with Crippen molar-refractivity contribution in [3.63, 3.8) is 0 Å². The van der Waals surface area contributed by atoms with E-state index in [0.29, 0.717) is 22.9 Å². The summed E-state index contributed by atoms with van der Waals surface area (Å²) in [6.07, 6.45) is 4.00. The summed E-state index contributed by atoms with van der Waals surface area (Å²) in [4.78, 5) is 10.8. The molecule has 2 unspecified atom stereocenters. The minimum Gasteiger partial charge on any atom is -0.353 e. The fourth-order valence-corrected chi connectivity index (χ4v) is 3.02. The van der Waals surface area contributed by atoms with Crippen LogP contribution in [0.5, 0.6) is 0 Å². The Morgan fingerprint density at radius 1 is 1.37 bits per heavy atom. The van der Waals surface area contributed by atoms with Crippen LogP contribution >= 0.6 is 11.6 Å². The molecule has 0 bridgehead atoms. The van der Waals surface area contributed by atoms with Gasteiger partial charge in [0.05, 0.1) is 0 Å². The van der Waals surface area contributed by atoms with Crippen LogP contribution in [0.25, 0.3) is 5.78 Å². The van der Waals surface area contributed by atoms with E-state index in [1.54, 1.807) is 4.52 Å². The summed E-state index contributed by atoms with van der Waals surface area (Å²) in [7, 11) is 0. The van der Waals surface area contributed by atoms with Crippen LogP contribution in [0.2, 0.25) is 5.15 Å². The van der Waals surface area contributed by atoms with Gasteiger partial charge < -0.3 is 4.90 Å². The average molecular weight is 280 g/mol. The number of fused-ring (bicyclic) bond motifs is 1. The summed E-state index contributed by atoms with van der Waals surface area (Å²) in [5, 5.41) is 4.81. The van der Waals surface area contributed by atoms with Crippen molar-refractivity contribution in [1.82, 2.24) is 19.6 Å². The molecule has 1 aliphatic heterocycles. The Hall–Kier alpha value is -1.36. The smallest absolute Gasteiger partial charge is 0.255 e. The molecule has 2 aromatic heterocycles. The molecule has 1 fully saturated rings. The lowest BCUT2D eigenvalue weighted by Crippen LogP contribution is -2.44. The minimum absolute atomic E-state index is 0.471. The van der Waals surface area contributed by atoms with Crippen LogP contribution in [0.4, 0.5) is 5.82 Å². The van der Waals surface area contributed by atoms with E-state index in [1.165, 1.54) is 19.2 Å². The first-order valence-corrected chi connectivity index (χ1v) is 7.10. The molecule has 2 aromatic rings. The van der Waals surface area contributed by atoms with Crippen LogP contribution in [0, 0.1) is 12.8 Å². The highest BCUT2D eigenvalue weighted by atomic mass is 35.5. The standard InChI is InChI=1S/C13H18ClN5/c1-8-5-4-6-18(10(8)3)12-9(2)11(14)17-13-15-7-16-19(12)13/h7-8,10H,4-6H2,1-3H3. The summed E-state index contributed by atoms with van der Waals surface area (Å²) >= 11 is 6.23. The molecular weight excluding hydrogens is 262 g/mol. The summed E-state index contributed by atoms with van der Waals surface area (Å²) < 4.78 is 1.80. The second-order valence-corrected chi connectivity index (χ2v) is 5.73. The van der Waals surface area contributed by atoms with Crippen LogP contribution in [-0.2, 0) is 0 Å². The van der Waals surface area contributed by atoms with Gasteiger partial charge in [-0.1, -0.05) is 18.5 Å². The highest BCUT2D eigenvalue weighted by molar-refractivity contribution is 6.30. The Kier molecular flexibility index (Phi) is 3.09. The third-order valence-corrected chi connectivity index (χ3v) is 4.59. The SMILES string of the molecule is Cc1c(Cl)nc2ncnn2c1N1CCCC(C)C1C. The van der Waals surface area contributed by atoms with Gasteiger partial charge in [0.25, 0.3) is 5.78 Å². The van der Waals surface area contributed by atoms with Crippen molar-refractivity contribution >= 4 is 23.2 Å². The molecular formula is C13H18ClN5. The Balaban J connectivity index is 2.18. The molecule has 0 aromatic carbocycles. The molecule has 1 aliphatic rings. The molecule has 5 nitrogen and oxygen atoms in total. The molecule has 6 heteroatoms. The lowest BCUT2D eigenvalue weighted by molar-refractivity contribution is 0.359. The molecule has 1 saturated heterocycles. The quantitative estimate of drug-likeness (QED) is 0.753. The third-order valence-electron chi connectivity index (χ3n) is 4.22. The van der Waals surface area contributed by atoms with Gasteiger partial charge in [0.1, 0.15) is 17.3 Å². The molecule has 0 amide bonds. The fraction of sp³-hybridized carbons (Fsp3) is 0.615. The van der Waals surface area contributed by atoms with Crippen molar-refractivity contribution < 1.29 is 0 Å². The molecule has 0 radical (unpaired) electrons. The van der Waals surface area contributed by atoms with Crippen molar-refractivity contribution in [2.24, 2.45) is 5.92 Å². The first kappa shape index (κ1) is 12.7. The highest BCUT2D eigenvalue weighted by Crippen LogP contribution is 2.32. The lowest BCUT2D eigenvalue weighted by Gasteiger charge is -2.40. The molecule has 0 saturated carbocycles. The van der Waals surface area contributed by atoms with E-state index in [4.69, 9.17) is 11.6 Å². The fourth-order valence-electron chi connectivity index (χ4n) is 2.86. The monoisotopic (exact) mass is 279 g/mol. The Labute approximate surface area is 117 Å². The number of rotatable bonds is 1. The van der Waals surface area contributed by atoms with Gasteiger partial charge in [0, 0.05) is 18.2 Å². The molecule has 2 atom stereocenters. The summed E-state index contributed by atoms with van der Waals surface area (Å²) in [6.45, 7) is 7.59. The number of nitrogens with zero attached hydrogens (tertiary/aromatic N) is 5. The van der Waals surface area contributed by atoms with Crippen molar-refractivity contribution in [1.29, 1.82) is 0 Å². The Morgan fingerprint density at radius 3 is 2.95 bits per heavy atom. The highest BCUT2D eigenvalue weighted by Gasteiger charge is 2.28. The Morgan fingerprint density at radius 2 is 2.16 bits per heavy atom. The van der Waals surface area contributed by atoms with Crippen LogP contribution in [-0.4, -0.2) is 32.2 Å². The zero-order valence-electron chi connectivity index (χ0n) is 11.5. The van der Waals surface area contributed by atoms with E-state index in [2.05, 4.69) is 33.8 Å². The van der Waals surface area contributed by atoms with E-state index in [-0.39, 0.29) is 0 Å². The van der Waals surface area contributed by atoms with Crippen molar-refractivity contribution in [3.8, 4) is 0 Å². The molecule has 0 aliphatic carbocycles. The van der Waals surface area contributed by atoms with Crippen LogP contribution in [0.1, 0.15) is 32.3 Å². The number of aromatic nitrogens is 4. The zero-order valence-corrected chi connectivity index (χ0v) is 12.2. The molecule has 0 spiro atoms. The van der Waals surface area contributed by atoms with Crippen molar-refractivity contribution in [2.45, 2.75) is 39.7 Å². The Bertz CT molecular complexity index is 608. The molecule has 3 heterocycles. The predicted octanol–water partition coefficient (Wildman–Crippen LogP) is 2.71. The minimum atomic E-state index is 0.471. The number of hydrogen-bond acceptors (Lipinski definition) is 4. The van der Waals surface area contributed by atoms with Crippen LogP contribution in [0.3, 0.4) is 0 Å². The number of piperidine rings is 1. The van der Waals surface area contributed by atoms with E-state index < -0.39 is 0 Å². The first-order valence-electron chi connectivity index (χ1n) is 6.72. The number of halogens is 1. The van der Waals surface area contributed by atoms with Gasteiger partial charge in [0.2, 0.25) is 0 Å². The van der Waals surface area contributed by atoms with E-state index in [1.807, 2.05) is 6.92 Å². The van der Waals surface area contributed by atoms with Gasteiger partial charge in [-0.25, -0.2) is 0 Å². The van der Waals surface area contributed by atoms with E-state index in [9.17, 15) is 0 Å². The number of anilines is 1. The van der Waals surface area contributed by atoms with E-state index in [0.717, 1.165) is 17.9 Å². The first-order chi connectivity index (χ1) is 9.09. The van der Waals surface area contributed by atoms with Gasteiger partial charge in [-0.15, -0.1) is 0 Å². The molecule has 0 N–H and O–H groups in total. The van der Waals surface area contributed by atoms with Gasteiger partial charge in [0.15, 0.2) is 0 Å². The topological polar surface area (TPSA) is 46.3 Å². The largest absolute Gasteiger partial charge is 0.353 e. The summed E-state index contributed by atoms with van der Waals surface area (Å²) in [6, 6.07) is 0.471. The maximum atomic E-state index is 6.23. The third kappa shape index (κ3) is 1.96. The predicted molar refractivity (Wildman–Crippen MR) is 75.7 cm³/mol. The van der Waals surface area contributed by atoms with Crippen LogP contribution < -0.4 is 4.90 Å². The normalized spacial score (nSPS) is 24.1. The van der Waals surface area contributed by atoms with Gasteiger partial charge in [-0.3, -0.25) is 0 Å². The zero-order chi connectivity index (χ0) is 13.6. The second-order valence-electron chi connectivity index (χ2n) is 5.38. The maximum Gasteiger partial charge on any atom is 0.255 e. The summed E-state index contributed by atoms with van der Waals surface area (Å²) in [5.74, 6) is 2.27. The van der Waals surface area contributed by atoms with Crippen molar-refractivity contribution in [3.05, 3.63) is 17.0 Å². The number of hydrogen-bond donors (Lipinski definition) is 0. The van der Waals surface area contributed by atoms with Gasteiger partial charge >= 0.3 is 0 Å². The molecule has 19 heavy (non-hydrogen) atoms. The van der Waals surface area contributed by atoms with Crippen LogP contribution in [0.15, 0.2) is 6.33 Å². The van der Waals surface area contributed by atoms with Gasteiger partial charge in [-0.2, -0.15) is 19.6 Å². The maximum absolute atomic E-state index is 6.23. The molecule has 3 rings (SSSR count). The average Bonchev–Trinajstić information content (AvgIpc) is 2.83. The second kappa shape index (κ2) is 4.63.